The number of aromatic nitrogens is 2. The van der Waals surface area contributed by atoms with Crippen molar-refractivity contribution >= 4 is 20.9 Å². The first kappa shape index (κ1) is 14.5. The lowest BCUT2D eigenvalue weighted by molar-refractivity contribution is 0.326. The molecule has 21 heavy (non-hydrogen) atoms. The first-order valence-electron chi connectivity index (χ1n) is 7.38. The number of imidazole rings is 1. The second-order valence-electron chi connectivity index (χ2n) is 6.00. The molecule has 1 heterocycles. The first-order chi connectivity index (χ1) is 9.99. The summed E-state index contributed by atoms with van der Waals surface area (Å²) < 4.78 is 23.7. The van der Waals surface area contributed by atoms with Crippen LogP contribution in [0.25, 0.3) is 11.0 Å². The van der Waals surface area contributed by atoms with E-state index in [1.807, 2.05) is 6.07 Å². The van der Waals surface area contributed by atoms with E-state index in [4.69, 9.17) is 5.73 Å². The zero-order valence-corrected chi connectivity index (χ0v) is 13.0. The van der Waals surface area contributed by atoms with Gasteiger partial charge in [-0.2, -0.15) is 0 Å². The Labute approximate surface area is 124 Å². The van der Waals surface area contributed by atoms with Gasteiger partial charge in [-0.05, 0) is 50.3 Å². The molecule has 0 radical (unpaired) electrons. The van der Waals surface area contributed by atoms with Crippen LogP contribution in [-0.4, -0.2) is 31.2 Å². The lowest BCUT2D eigenvalue weighted by Crippen LogP contribution is -2.21. The highest BCUT2D eigenvalue weighted by Gasteiger charge is 2.25. The molecule has 1 aromatic carbocycles. The van der Waals surface area contributed by atoms with Crippen LogP contribution in [0.3, 0.4) is 0 Å². The third-order valence-corrected chi connectivity index (χ3v) is 5.59. The van der Waals surface area contributed by atoms with Gasteiger partial charge in [-0.1, -0.05) is 6.07 Å². The summed E-state index contributed by atoms with van der Waals surface area (Å²) in [5, 5.41) is 0. The highest BCUT2D eigenvalue weighted by atomic mass is 32.2. The summed E-state index contributed by atoms with van der Waals surface area (Å²) in [6, 6.07) is 5.26. The van der Waals surface area contributed by atoms with Crippen LogP contribution < -0.4 is 5.73 Å². The Hall–Kier alpha value is -1.40. The van der Waals surface area contributed by atoms with Crippen molar-refractivity contribution < 1.29 is 8.42 Å². The van der Waals surface area contributed by atoms with Gasteiger partial charge in [0.15, 0.2) is 9.84 Å². The quantitative estimate of drug-likeness (QED) is 0.909. The zero-order chi connectivity index (χ0) is 15.0. The number of hydrogen-bond donors (Lipinski definition) is 2. The zero-order valence-electron chi connectivity index (χ0n) is 12.2. The van der Waals surface area contributed by atoms with E-state index < -0.39 is 9.84 Å². The van der Waals surface area contributed by atoms with Gasteiger partial charge in [-0.15, -0.1) is 0 Å². The van der Waals surface area contributed by atoms with E-state index in [1.165, 1.54) is 6.26 Å². The summed E-state index contributed by atoms with van der Waals surface area (Å²) in [7, 11) is -3.26. The fourth-order valence-corrected chi connectivity index (χ4v) is 4.02. The molecule has 0 amide bonds. The second kappa shape index (κ2) is 5.42. The van der Waals surface area contributed by atoms with Crippen molar-refractivity contribution in [2.75, 3.05) is 12.8 Å². The number of H-pyrrole nitrogens is 1. The molecule has 1 fully saturated rings. The molecule has 0 bridgehead atoms. The molecule has 0 unspecified atom stereocenters. The summed E-state index contributed by atoms with van der Waals surface area (Å²) in [6.45, 7) is 0.755. The van der Waals surface area contributed by atoms with Crippen LogP contribution in [0.4, 0.5) is 0 Å². The van der Waals surface area contributed by atoms with Crippen LogP contribution in [0.5, 0.6) is 0 Å². The van der Waals surface area contributed by atoms with Crippen LogP contribution in [0, 0.1) is 5.92 Å². The van der Waals surface area contributed by atoms with E-state index in [1.54, 1.807) is 12.1 Å². The van der Waals surface area contributed by atoms with Crippen molar-refractivity contribution in [1.82, 2.24) is 9.97 Å². The highest BCUT2D eigenvalue weighted by Crippen LogP contribution is 2.35. The van der Waals surface area contributed by atoms with Crippen molar-refractivity contribution in [2.24, 2.45) is 11.7 Å². The molecule has 1 aliphatic carbocycles. The van der Waals surface area contributed by atoms with Crippen molar-refractivity contribution in [1.29, 1.82) is 0 Å². The fraction of sp³-hybridized carbons (Fsp3) is 0.533. The van der Waals surface area contributed by atoms with Crippen molar-refractivity contribution in [3.05, 3.63) is 24.0 Å². The van der Waals surface area contributed by atoms with Crippen molar-refractivity contribution in [2.45, 2.75) is 36.5 Å². The molecule has 6 heteroatoms. The number of aromatic amines is 1. The van der Waals surface area contributed by atoms with Crippen LogP contribution in [0.2, 0.25) is 0 Å². The molecule has 114 valence electrons. The molecule has 1 aliphatic rings. The van der Waals surface area contributed by atoms with Gasteiger partial charge in [0, 0.05) is 12.2 Å². The third-order valence-electron chi connectivity index (χ3n) is 4.46. The second-order valence-corrected chi connectivity index (χ2v) is 7.98. The standard InChI is InChI=1S/C15H21N3O2S/c1-21(19,20)13-4-2-3-12-14(13)18-15(17-12)11-7-5-10(9-16)6-8-11/h2-4,10-11H,5-9,16H2,1H3,(H,17,18). The number of nitrogens with two attached hydrogens (primary N) is 1. The van der Waals surface area contributed by atoms with E-state index in [2.05, 4.69) is 9.97 Å². The minimum Gasteiger partial charge on any atom is -0.342 e. The molecule has 3 N–H and O–H groups in total. The summed E-state index contributed by atoms with van der Waals surface area (Å²) in [6.07, 6.45) is 5.60. The minimum absolute atomic E-state index is 0.304. The van der Waals surface area contributed by atoms with Crippen LogP contribution in [0.1, 0.15) is 37.4 Å². The lowest BCUT2D eigenvalue weighted by Gasteiger charge is -2.26. The summed E-state index contributed by atoms with van der Waals surface area (Å²) in [5.41, 5.74) is 7.09. The van der Waals surface area contributed by atoms with Gasteiger partial charge in [-0.3, -0.25) is 0 Å². The third kappa shape index (κ3) is 2.82. The summed E-state index contributed by atoms with van der Waals surface area (Å²) in [5.74, 6) is 1.92. The number of fused-ring (bicyclic) bond motifs is 1. The molecule has 0 aliphatic heterocycles. The van der Waals surface area contributed by atoms with Gasteiger partial charge in [0.2, 0.25) is 0 Å². The van der Waals surface area contributed by atoms with Crippen LogP contribution in [0.15, 0.2) is 23.1 Å². The number of hydrogen-bond acceptors (Lipinski definition) is 4. The Morgan fingerprint density at radius 2 is 2.00 bits per heavy atom. The Morgan fingerprint density at radius 3 is 2.62 bits per heavy atom. The van der Waals surface area contributed by atoms with Crippen LogP contribution >= 0.6 is 0 Å². The van der Waals surface area contributed by atoms with Gasteiger partial charge >= 0.3 is 0 Å². The van der Waals surface area contributed by atoms with E-state index in [-0.39, 0.29) is 0 Å². The smallest absolute Gasteiger partial charge is 0.177 e. The number of benzene rings is 1. The van der Waals surface area contributed by atoms with Gasteiger partial charge in [0.25, 0.3) is 0 Å². The fourth-order valence-electron chi connectivity index (χ4n) is 3.19. The number of rotatable bonds is 3. The monoisotopic (exact) mass is 307 g/mol. The topological polar surface area (TPSA) is 88.8 Å². The molecule has 5 nitrogen and oxygen atoms in total. The van der Waals surface area contributed by atoms with Crippen LogP contribution in [-0.2, 0) is 9.84 Å². The maximum atomic E-state index is 11.8. The molecule has 1 saturated carbocycles. The normalized spacial score (nSPS) is 23.5. The predicted octanol–water partition coefficient (Wildman–Crippen LogP) is 2.20. The molecule has 2 aromatic rings. The number of sulfone groups is 1. The molecular weight excluding hydrogens is 286 g/mol. The SMILES string of the molecule is CS(=O)(=O)c1cccc2[nH]c(C3CCC(CN)CC3)nc12. The van der Waals surface area contributed by atoms with E-state index in [0.717, 1.165) is 43.6 Å². The van der Waals surface area contributed by atoms with Crippen molar-refractivity contribution in [3.8, 4) is 0 Å². The van der Waals surface area contributed by atoms with Gasteiger partial charge in [0.1, 0.15) is 11.3 Å². The van der Waals surface area contributed by atoms with Gasteiger partial charge in [0.05, 0.1) is 10.4 Å². The molecule has 0 spiro atoms. The average Bonchev–Trinajstić information content (AvgIpc) is 2.90. The maximum absolute atomic E-state index is 11.8. The molecule has 0 saturated heterocycles. The highest BCUT2D eigenvalue weighted by molar-refractivity contribution is 7.91. The molecule has 0 atom stereocenters. The number of nitrogens with zero attached hydrogens (tertiary/aromatic N) is 1. The lowest BCUT2D eigenvalue weighted by atomic mass is 9.82. The van der Waals surface area contributed by atoms with E-state index >= 15 is 0 Å². The largest absolute Gasteiger partial charge is 0.342 e. The Morgan fingerprint density at radius 1 is 1.29 bits per heavy atom. The van der Waals surface area contributed by atoms with Gasteiger partial charge < -0.3 is 10.7 Å². The summed E-state index contributed by atoms with van der Waals surface area (Å²) in [4.78, 5) is 8.20. The molecule has 1 aromatic heterocycles. The Bertz CT molecular complexity index is 743. The predicted molar refractivity (Wildman–Crippen MR) is 83.0 cm³/mol. The van der Waals surface area contributed by atoms with E-state index in [0.29, 0.717) is 22.2 Å². The number of para-hydroxylation sites is 1. The van der Waals surface area contributed by atoms with Crippen molar-refractivity contribution in [3.63, 3.8) is 0 Å². The molecular formula is C15H21N3O2S. The van der Waals surface area contributed by atoms with E-state index in [9.17, 15) is 8.42 Å². The Kier molecular flexibility index (Phi) is 3.75. The van der Waals surface area contributed by atoms with Gasteiger partial charge in [-0.25, -0.2) is 13.4 Å². The molecule has 3 rings (SSSR count). The average molecular weight is 307 g/mol. The Balaban J connectivity index is 1.95. The summed E-state index contributed by atoms with van der Waals surface area (Å²) >= 11 is 0. The maximum Gasteiger partial charge on any atom is 0.177 e. The number of nitrogens with one attached hydrogen (secondary N) is 1. The first-order valence-corrected chi connectivity index (χ1v) is 9.27. The minimum atomic E-state index is -3.26.